The molecule has 0 saturated heterocycles. The number of para-hydroxylation sites is 1. The van der Waals surface area contributed by atoms with E-state index in [1.54, 1.807) is 4.90 Å². The van der Waals surface area contributed by atoms with Gasteiger partial charge in [-0.3, -0.25) is 9.59 Å². The highest BCUT2D eigenvalue weighted by Gasteiger charge is 2.43. The molecule has 2 aromatic carbocycles. The van der Waals surface area contributed by atoms with Gasteiger partial charge in [0.2, 0.25) is 5.91 Å². The Bertz CT molecular complexity index is 684. The maximum absolute atomic E-state index is 12.9. The largest absolute Gasteiger partial charge is 0.481 e. The minimum atomic E-state index is -0.873. The van der Waals surface area contributed by atoms with Crippen LogP contribution in [0, 0.1) is 11.8 Å². The molecule has 1 saturated carbocycles. The van der Waals surface area contributed by atoms with Crippen LogP contribution in [0.3, 0.4) is 0 Å². The van der Waals surface area contributed by atoms with E-state index in [4.69, 9.17) is 0 Å². The van der Waals surface area contributed by atoms with E-state index in [-0.39, 0.29) is 5.91 Å². The van der Waals surface area contributed by atoms with Crippen LogP contribution in [0.5, 0.6) is 0 Å². The van der Waals surface area contributed by atoms with Crippen molar-refractivity contribution < 1.29 is 14.7 Å². The summed E-state index contributed by atoms with van der Waals surface area (Å²) >= 11 is 0. The molecule has 2 unspecified atom stereocenters. The fourth-order valence-corrected chi connectivity index (χ4v) is 2.96. The molecule has 1 aliphatic carbocycles. The van der Waals surface area contributed by atoms with Crippen molar-refractivity contribution in [3.63, 3.8) is 0 Å². The van der Waals surface area contributed by atoms with Crippen molar-refractivity contribution >= 4 is 17.6 Å². The highest BCUT2D eigenvalue weighted by molar-refractivity contribution is 5.98. The molecule has 1 aliphatic rings. The molecule has 4 nitrogen and oxygen atoms in total. The number of carboxylic acids is 1. The van der Waals surface area contributed by atoms with E-state index >= 15 is 0 Å². The molecule has 0 spiro atoms. The molecule has 0 radical (unpaired) electrons. The predicted molar refractivity (Wildman–Crippen MR) is 87.9 cm³/mol. The number of hydrogen-bond donors (Lipinski definition) is 1. The number of aliphatic carboxylic acids is 1. The fraction of sp³-hybridized carbons (Fsp3) is 0.263. The maximum Gasteiger partial charge on any atom is 0.307 e. The Morgan fingerprint density at radius 1 is 0.913 bits per heavy atom. The monoisotopic (exact) mass is 309 g/mol. The fourth-order valence-electron chi connectivity index (χ4n) is 2.96. The first kappa shape index (κ1) is 15.3. The van der Waals surface area contributed by atoms with Crippen LogP contribution >= 0.6 is 0 Å². The van der Waals surface area contributed by atoms with Gasteiger partial charge in [-0.15, -0.1) is 0 Å². The van der Waals surface area contributed by atoms with Gasteiger partial charge < -0.3 is 10.0 Å². The number of hydrogen-bond acceptors (Lipinski definition) is 2. The van der Waals surface area contributed by atoms with E-state index in [2.05, 4.69) is 0 Å². The van der Waals surface area contributed by atoms with E-state index < -0.39 is 17.8 Å². The average Bonchev–Trinajstić information content (AvgIpc) is 2.52. The van der Waals surface area contributed by atoms with E-state index in [1.165, 1.54) is 0 Å². The van der Waals surface area contributed by atoms with Gasteiger partial charge in [-0.2, -0.15) is 0 Å². The molecule has 0 aromatic heterocycles. The lowest BCUT2D eigenvalue weighted by atomic mass is 9.73. The van der Waals surface area contributed by atoms with Gasteiger partial charge in [0.1, 0.15) is 0 Å². The summed E-state index contributed by atoms with van der Waals surface area (Å²) < 4.78 is 0. The first-order chi connectivity index (χ1) is 11.2. The smallest absolute Gasteiger partial charge is 0.307 e. The zero-order valence-corrected chi connectivity index (χ0v) is 12.8. The molecule has 4 heteroatoms. The molecular formula is C19H19NO3. The summed E-state index contributed by atoms with van der Waals surface area (Å²) in [5.41, 5.74) is 1.83. The average molecular weight is 309 g/mol. The Kier molecular flexibility index (Phi) is 4.42. The third kappa shape index (κ3) is 3.26. The van der Waals surface area contributed by atoms with Gasteiger partial charge >= 0.3 is 5.97 Å². The first-order valence-electron chi connectivity index (χ1n) is 7.80. The van der Waals surface area contributed by atoms with Gasteiger partial charge in [0.05, 0.1) is 18.4 Å². The minimum Gasteiger partial charge on any atom is -0.481 e. The molecule has 3 rings (SSSR count). The minimum absolute atomic E-state index is 0.0984. The number of amides is 1. The summed E-state index contributed by atoms with van der Waals surface area (Å²) in [5.74, 6) is -1.94. The van der Waals surface area contributed by atoms with Gasteiger partial charge in [0, 0.05) is 5.69 Å². The third-order valence-electron chi connectivity index (χ3n) is 4.43. The third-order valence-corrected chi connectivity index (χ3v) is 4.43. The second-order valence-electron chi connectivity index (χ2n) is 5.87. The van der Waals surface area contributed by atoms with Crippen LogP contribution < -0.4 is 4.90 Å². The summed E-state index contributed by atoms with van der Waals surface area (Å²) in [6.07, 6.45) is 1.23. The SMILES string of the molecule is O=C(O)C1CCC1C(=O)N(Cc1ccccc1)c1ccccc1. The Hall–Kier alpha value is -2.62. The number of carbonyl (C=O) groups is 2. The van der Waals surface area contributed by atoms with E-state index in [0.29, 0.717) is 19.4 Å². The lowest BCUT2D eigenvalue weighted by Gasteiger charge is -2.36. The molecule has 0 heterocycles. The lowest BCUT2D eigenvalue weighted by molar-refractivity contribution is -0.152. The normalized spacial score (nSPS) is 19.7. The zero-order chi connectivity index (χ0) is 16.2. The van der Waals surface area contributed by atoms with Crippen molar-refractivity contribution in [2.45, 2.75) is 19.4 Å². The van der Waals surface area contributed by atoms with Crippen molar-refractivity contribution in [3.05, 3.63) is 66.2 Å². The van der Waals surface area contributed by atoms with Gasteiger partial charge in [-0.25, -0.2) is 0 Å². The lowest BCUT2D eigenvalue weighted by Crippen LogP contribution is -2.46. The second kappa shape index (κ2) is 6.65. The second-order valence-corrected chi connectivity index (χ2v) is 5.87. The standard InChI is InChI=1S/C19H19NO3/c21-18(16-11-12-17(16)19(22)23)20(15-9-5-2-6-10-15)13-14-7-3-1-4-8-14/h1-10,16-17H,11-13H2,(H,22,23). The molecule has 0 bridgehead atoms. The number of rotatable bonds is 5. The van der Waals surface area contributed by atoms with E-state index in [0.717, 1.165) is 11.3 Å². The summed E-state index contributed by atoms with van der Waals surface area (Å²) in [5, 5.41) is 9.22. The maximum atomic E-state index is 12.9. The van der Waals surface area contributed by atoms with Gasteiger partial charge in [-0.05, 0) is 30.5 Å². The van der Waals surface area contributed by atoms with Crippen molar-refractivity contribution in [2.24, 2.45) is 11.8 Å². The molecular weight excluding hydrogens is 290 g/mol. The van der Waals surface area contributed by atoms with E-state index in [1.807, 2.05) is 60.7 Å². The van der Waals surface area contributed by atoms with Crippen LogP contribution in [-0.4, -0.2) is 17.0 Å². The molecule has 1 N–H and O–H groups in total. The summed E-state index contributed by atoms with van der Waals surface area (Å²) in [4.78, 5) is 25.9. The molecule has 1 amide bonds. The van der Waals surface area contributed by atoms with Gasteiger partial charge in [-0.1, -0.05) is 48.5 Å². The Labute approximate surface area is 135 Å². The molecule has 2 aromatic rings. The molecule has 23 heavy (non-hydrogen) atoms. The van der Waals surface area contributed by atoms with Crippen LogP contribution in [-0.2, 0) is 16.1 Å². The quantitative estimate of drug-likeness (QED) is 0.921. The predicted octanol–water partition coefficient (Wildman–Crippen LogP) is 3.33. The topological polar surface area (TPSA) is 57.6 Å². The number of nitrogens with zero attached hydrogens (tertiary/aromatic N) is 1. The van der Waals surface area contributed by atoms with Gasteiger partial charge in [0.25, 0.3) is 0 Å². The number of benzene rings is 2. The number of anilines is 1. The van der Waals surface area contributed by atoms with E-state index in [9.17, 15) is 14.7 Å². The Balaban J connectivity index is 1.86. The number of carboxylic acid groups (broad SMARTS) is 1. The summed E-state index contributed by atoms with van der Waals surface area (Å²) in [7, 11) is 0. The summed E-state index contributed by atoms with van der Waals surface area (Å²) in [6, 6.07) is 19.2. The van der Waals surface area contributed by atoms with Crippen LogP contribution in [0.4, 0.5) is 5.69 Å². The summed E-state index contributed by atoms with van der Waals surface area (Å²) in [6.45, 7) is 0.451. The van der Waals surface area contributed by atoms with Crippen molar-refractivity contribution in [3.8, 4) is 0 Å². The van der Waals surface area contributed by atoms with Crippen molar-refractivity contribution in [1.29, 1.82) is 0 Å². The molecule has 118 valence electrons. The zero-order valence-electron chi connectivity index (χ0n) is 12.8. The number of carbonyl (C=O) groups excluding carboxylic acids is 1. The van der Waals surface area contributed by atoms with Crippen molar-refractivity contribution in [1.82, 2.24) is 0 Å². The molecule has 0 aliphatic heterocycles. The highest BCUT2D eigenvalue weighted by Crippen LogP contribution is 2.37. The Morgan fingerprint density at radius 3 is 2.00 bits per heavy atom. The van der Waals surface area contributed by atoms with Crippen LogP contribution in [0.2, 0.25) is 0 Å². The van der Waals surface area contributed by atoms with Crippen LogP contribution in [0.25, 0.3) is 0 Å². The highest BCUT2D eigenvalue weighted by atomic mass is 16.4. The van der Waals surface area contributed by atoms with Gasteiger partial charge in [0.15, 0.2) is 0 Å². The van der Waals surface area contributed by atoms with Crippen LogP contribution in [0.1, 0.15) is 18.4 Å². The Morgan fingerprint density at radius 2 is 1.48 bits per heavy atom. The van der Waals surface area contributed by atoms with Crippen molar-refractivity contribution in [2.75, 3.05) is 4.90 Å². The molecule has 1 fully saturated rings. The first-order valence-corrected chi connectivity index (χ1v) is 7.80. The van der Waals surface area contributed by atoms with Crippen LogP contribution in [0.15, 0.2) is 60.7 Å². The molecule has 2 atom stereocenters.